The van der Waals surface area contributed by atoms with Crippen LogP contribution in [0.4, 0.5) is 11.5 Å². The van der Waals surface area contributed by atoms with Crippen molar-refractivity contribution in [2.24, 2.45) is 0 Å². The fourth-order valence-corrected chi connectivity index (χ4v) is 2.50. The van der Waals surface area contributed by atoms with Gasteiger partial charge in [-0.05, 0) is 12.5 Å². The number of benzene rings is 2. The molecule has 0 radical (unpaired) electrons. The zero-order valence-electron chi connectivity index (χ0n) is 14.4. The molecule has 0 saturated carbocycles. The van der Waals surface area contributed by atoms with E-state index < -0.39 is 5.97 Å². The number of methoxy groups -OCH3 is 1. The number of hydrogen-bond donors (Lipinski definition) is 1. The van der Waals surface area contributed by atoms with E-state index in [0.29, 0.717) is 17.1 Å². The van der Waals surface area contributed by atoms with E-state index in [1.165, 1.54) is 7.11 Å². The Hall–Kier alpha value is -3.72. The minimum absolute atomic E-state index is 0.00829. The first-order valence-corrected chi connectivity index (χ1v) is 7.84. The maximum Gasteiger partial charge on any atom is 0.360 e. The van der Waals surface area contributed by atoms with Gasteiger partial charge in [0.15, 0.2) is 17.2 Å². The first kappa shape index (κ1) is 17.1. The van der Waals surface area contributed by atoms with Crippen LogP contribution in [0, 0.1) is 13.5 Å². The third-order valence-electron chi connectivity index (χ3n) is 3.90. The number of hydrogen-bond acceptors (Lipinski definition) is 5. The highest BCUT2D eigenvalue weighted by atomic mass is 16.5. The molecule has 0 fully saturated rings. The van der Waals surface area contributed by atoms with E-state index >= 15 is 0 Å². The monoisotopic (exact) mass is 344 g/mol. The molecule has 2 aromatic carbocycles. The van der Waals surface area contributed by atoms with Gasteiger partial charge in [0.1, 0.15) is 0 Å². The Bertz CT molecular complexity index is 1000. The van der Waals surface area contributed by atoms with E-state index in [1.807, 2.05) is 31.2 Å². The Morgan fingerprint density at radius 3 is 2.08 bits per heavy atom. The summed E-state index contributed by atoms with van der Waals surface area (Å²) in [4.78, 5) is 24.2. The van der Waals surface area contributed by atoms with Gasteiger partial charge in [-0.15, -0.1) is 0 Å². The van der Waals surface area contributed by atoms with E-state index in [-0.39, 0.29) is 11.5 Å². The zero-order chi connectivity index (χ0) is 18.7. The van der Waals surface area contributed by atoms with Crippen LogP contribution in [0.1, 0.15) is 16.1 Å². The van der Waals surface area contributed by atoms with Gasteiger partial charge < -0.3 is 10.5 Å². The predicted molar refractivity (Wildman–Crippen MR) is 99.7 cm³/mol. The lowest BCUT2D eigenvalue weighted by atomic mass is 10.0. The molecule has 26 heavy (non-hydrogen) atoms. The second-order valence-corrected chi connectivity index (χ2v) is 5.67. The van der Waals surface area contributed by atoms with Gasteiger partial charge in [0.05, 0.1) is 25.1 Å². The van der Waals surface area contributed by atoms with Crippen LogP contribution < -0.4 is 5.73 Å². The summed E-state index contributed by atoms with van der Waals surface area (Å²) in [5.74, 6) is -0.640. The van der Waals surface area contributed by atoms with Crippen LogP contribution in [0.15, 0.2) is 48.5 Å². The summed E-state index contributed by atoms with van der Waals surface area (Å²) < 4.78 is 4.74. The minimum Gasteiger partial charge on any atom is -0.464 e. The fraction of sp³-hybridized carbons (Fsp3) is 0.100. The average molecular weight is 344 g/mol. The second kappa shape index (κ2) is 7.03. The molecule has 0 bridgehead atoms. The van der Waals surface area contributed by atoms with E-state index in [9.17, 15) is 4.79 Å². The number of nitrogens with two attached hydrogens (primary N) is 1. The second-order valence-electron chi connectivity index (χ2n) is 5.67. The number of nitrogen functional groups attached to an aromatic ring is 1. The molecule has 3 aromatic rings. The van der Waals surface area contributed by atoms with Crippen molar-refractivity contribution in [2.75, 3.05) is 12.8 Å². The average Bonchev–Trinajstić information content (AvgIpc) is 2.68. The molecule has 2 N–H and O–H groups in total. The zero-order valence-corrected chi connectivity index (χ0v) is 14.4. The van der Waals surface area contributed by atoms with Gasteiger partial charge in [0.25, 0.3) is 0 Å². The summed E-state index contributed by atoms with van der Waals surface area (Å²) in [6, 6.07) is 14.7. The van der Waals surface area contributed by atoms with Crippen LogP contribution in [-0.2, 0) is 4.74 Å². The lowest BCUT2D eigenvalue weighted by Gasteiger charge is -2.12. The van der Waals surface area contributed by atoms with Gasteiger partial charge in [-0.3, -0.25) is 0 Å². The lowest BCUT2D eigenvalue weighted by molar-refractivity contribution is 0.0595. The number of esters is 1. The molecule has 0 aliphatic rings. The fourth-order valence-electron chi connectivity index (χ4n) is 2.50. The van der Waals surface area contributed by atoms with Crippen molar-refractivity contribution in [3.63, 3.8) is 0 Å². The molecular weight excluding hydrogens is 328 g/mol. The molecule has 128 valence electrons. The minimum atomic E-state index is -0.649. The third-order valence-corrected chi connectivity index (χ3v) is 3.90. The highest BCUT2D eigenvalue weighted by molar-refractivity contribution is 5.94. The summed E-state index contributed by atoms with van der Waals surface area (Å²) in [6.07, 6.45) is 0. The molecule has 6 heteroatoms. The largest absolute Gasteiger partial charge is 0.464 e. The quantitative estimate of drug-likeness (QED) is 0.573. The number of aromatic nitrogens is 2. The molecule has 0 atom stereocenters. The third kappa shape index (κ3) is 3.23. The predicted octanol–water partition coefficient (Wildman–Crippen LogP) is 4.04. The summed E-state index contributed by atoms with van der Waals surface area (Å²) in [5.41, 5.74) is 10.2. The number of nitrogens with zero attached hydrogens (tertiary/aromatic N) is 3. The molecule has 0 spiro atoms. The molecule has 0 saturated heterocycles. The van der Waals surface area contributed by atoms with Gasteiger partial charge in [-0.2, -0.15) is 0 Å². The number of rotatable bonds is 3. The van der Waals surface area contributed by atoms with Crippen LogP contribution in [0.2, 0.25) is 0 Å². The van der Waals surface area contributed by atoms with Crippen LogP contribution in [-0.4, -0.2) is 23.0 Å². The van der Waals surface area contributed by atoms with Crippen molar-refractivity contribution in [2.45, 2.75) is 6.92 Å². The number of anilines is 1. The summed E-state index contributed by atoms with van der Waals surface area (Å²) in [5, 5.41) is 0. The van der Waals surface area contributed by atoms with E-state index in [2.05, 4.69) is 14.8 Å². The molecule has 1 aromatic heterocycles. The smallest absolute Gasteiger partial charge is 0.360 e. The Morgan fingerprint density at radius 2 is 1.54 bits per heavy atom. The van der Waals surface area contributed by atoms with Crippen molar-refractivity contribution < 1.29 is 9.53 Å². The van der Waals surface area contributed by atoms with Crippen molar-refractivity contribution in [3.05, 3.63) is 71.2 Å². The Kier molecular flexibility index (Phi) is 4.63. The number of aryl methyl sites for hydroxylation is 1. The number of carbonyl (C=O) groups excluding carboxylic acids is 1. The SMILES string of the molecule is [C-]#[N+]c1ccc(-c2nc(C(=O)OC)c(N)nc2-c2ccc(C)cc2)cc1. The number of ether oxygens (including phenoxy) is 1. The first-order chi connectivity index (χ1) is 12.5. The maximum absolute atomic E-state index is 12.0. The van der Waals surface area contributed by atoms with Crippen molar-refractivity contribution in [1.29, 1.82) is 0 Å². The van der Waals surface area contributed by atoms with Crippen molar-refractivity contribution in [3.8, 4) is 22.5 Å². The van der Waals surface area contributed by atoms with Crippen molar-refractivity contribution >= 4 is 17.5 Å². The summed E-state index contributed by atoms with van der Waals surface area (Å²) in [7, 11) is 1.27. The van der Waals surface area contributed by atoms with Gasteiger partial charge >= 0.3 is 5.97 Å². The molecule has 0 aliphatic heterocycles. The summed E-state index contributed by atoms with van der Waals surface area (Å²) in [6.45, 7) is 9.07. The van der Waals surface area contributed by atoms with Crippen LogP contribution in [0.5, 0.6) is 0 Å². The molecular formula is C20H16N4O2. The summed E-state index contributed by atoms with van der Waals surface area (Å²) >= 11 is 0. The highest BCUT2D eigenvalue weighted by Crippen LogP contribution is 2.32. The van der Waals surface area contributed by atoms with Crippen molar-refractivity contribution in [1.82, 2.24) is 9.97 Å². The number of carbonyl (C=O) groups is 1. The Morgan fingerprint density at radius 1 is 1.00 bits per heavy atom. The highest BCUT2D eigenvalue weighted by Gasteiger charge is 2.20. The van der Waals surface area contributed by atoms with E-state index in [1.54, 1.807) is 24.3 Å². The lowest BCUT2D eigenvalue weighted by Crippen LogP contribution is -2.12. The first-order valence-electron chi connectivity index (χ1n) is 7.84. The van der Waals surface area contributed by atoms with Crippen LogP contribution in [0.3, 0.4) is 0 Å². The van der Waals surface area contributed by atoms with E-state index in [4.69, 9.17) is 17.0 Å². The molecule has 0 aliphatic carbocycles. The molecule has 0 amide bonds. The Labute approximate surface area is 151 Å². The molecule has 6 nitrogen and oxygen atoms in total. The normalized spacial score (nSPS) is 10.2. The van der Waals surface area contributed by atoms with Crippen LogP contribution >= 0.6 is 0 Å². The molecule has 3 rings (SSSR count). The van der Waals surface area contributed by atoms with Gasteiger partial charge in [-0.25, -0.2) is 19.6 Å². The topological polar surface area (TPSA) is 82.5 Å². The van der Waals surface area contributed by atoms with Gasteiger partial charge in [0.2, 0.25) is 0 Å². The standard InChI is InChI=1S/C20H16N4O2/c1-12-4-6-13(7-5-12)17-16(14-8-10-15(22-2)11-9-14)23-18(19(21)24-17)20(25)26-3/h4-11H,1,3H3,(H2,21,24). The maximum atomic E-state index is 12.0. The Balaban J connectivity index is 2.24. The van der Waals surface area contributed by atoms with Gasteiger partial charge in [0, 0.05) is 5.56 Å². The van der Waals surface area contributed by atoms with Crippen LogP contribution in [0.25, 0.3) is 27.4 Å². The van der Waals surface area contributed by atoms with Gasteiger partial charge in [-0.1, -0.05) is 54.1 Å². The molecule has 1 heterocycles. The van der Waals surface area contributed by atoms with E-state index in [0.717, 1.165) is 16.7 Å². The molecule has 0 unspecified atom stereocenters.